The Morgan fingerprint density at radius 3 is 2.61 bits per heavy atom. The number of pyridine rings is 1. The third kappa shape index (κ3) is 4.30. The zero-order valence-electron chi connectivity index (χ0n) is 18.0. The van der Waals surface area contributed by atoms with Gasteiger partial charge in [0.1, 0.15) is 17.0 Å². The summed E-state index contributed by atoms with van der Waals surface area (Å²) in [6, 6.07) is 6.65. The van der Waals surface area contributed by atoms with Crippen LogP contribution in [0.15, 0.2) is 36.5 Å². The number of anilines is 1. The van der Waals surface area contributed by atoms with E-state index in [9.17, 15) is 17.6 Å². The molecule has 33 heavy (non-hydrogen) atoms. The molecule has 0 fully saturated rings. The van der Waals surface area contributed by atoms with Crippen molar-refractivity contribution in [2.75, 3.05) is 11.9 Å². The van der Waals surface area contributed by atoms with Crippen LogP contribution in [0.2, 0.25) is 0 Å². The van der Waals surface area contributed by atoms with Gasteiger partial charge < -0.3 is 10.1 Å². The van der Waals surface area contributed by atoms with Gasteiger partial charge in [-0.05, 0) is 45.0 Å². The van der Waals surface area contributed by atoms with Crippen LogP contribution in [0.4, 0.5) is 23.4 Å². The molecule has 0 atom stereocenters. The Bertz CT molecular complexity index is 1320. The molecule has 0 saturated heterocycles. The van der Waals surface area contributed by atoms with Gasteiger partial charge in [0.05, 0.1) is 41.2 Å². The van der Waals surface area contributed by atoms with Crippen molar-refractivity contribution in [3.05, 3.63) is 65.0 Å². The van der Waals surface area contributed by atoms with Crippen LogP contribution in [0.25, 0.3) is 16.6 Å². The van der Waals surface area contributed by atoms with Gasteiger partial charge in [0.25, 0.3) is 0 Å². The van der Waals surface area contributed by atoms with E-state index in [0.29, 0.717) is 34.6 Å². The summed E-state index contributed by atoms with van der Waals surface area (Å²) in [5, 5.41) is 16.1. The number of hydrogen-bond acceptors (Lipinski definition) is 6. The number of benzene rings is 1. The molecule has 0 unspecified atom stereocenters. The summed E-state index contributed by atoms with van der Waals surface area (Å²) in [5.74, 6) is 0.0293. The first-order valence-corrected chi connectivity index (χ1v) is 10.1. The van der Waals surface area contributed by atoms with Gasteiger partial charge in [-0.3, -0.25) is 4.98 Å². The maximum atomic E-state index is 14.8. The minimum atomic E-state index is -4.54. The first kappa shape index (κ1) is 22.4. The zero-order chi connectivity index (χ0) is 23.8. The number of nitrogens with one attached hydrogen (secondary N) is 1. The van der Waals surface area contributed by atoms with Gasteiger partial charge in [0, 0.05) is 12.3 Å². The average molecular weight is 460 g/mol. The van der Waals surface area contributed by atoms with E-state index in [1.54, 1.807) is 32.9 Å². The highest BCUT2D eigenvalue weighted by Crippen LogP contribution is 2.32. The van der Waals surface area contributed by atoms with Crippen molar-refractivity contribution < 1.29 is 22.3 Å². The Labute approximate surface area is 186 Å². The smallest absolute Gasteiger partial charge is 0.418 e. The Hall–Kier alpha value is -3.76. The van der Waals surface area contributed by atoms with Crippen LogP contribution in [0.3, 0.4) is 0 Å². The van der Waals surface area contributed by atoms with Crippen LogP contribution >= 0.6 is 0 Å². The van der Waals surface area contributed by atoms with E-state index < -0.39 is 17.6 Å². The standard InChI is InChI=1S/C22H20F4N6O/c1-4-33-14-7-8-18(16(23)10-14)32-13(3)19-12(2)29-30-21(20(19)31-32)28-11-17-15(22(24,25)26)6-5-9-27-17/h5-10H,4,11H2,1-3H3,(H,28,30). The molecule has 7 nitrogen and oxygen atoms in total. The lowest BCUT2D eigenvalue weighted by molar-refractivity contribution is -0.138. The highest BCUT2D eigenvalue weighted by molar-refractivity contribution is 5.92. The normalized spacial score (nSPS) is 11.7. The number of halogens is 4. The molecule has 4 aromatic rings. The van der Waals surface area contributed by atoms with Crippen molar-refractivity contribution in [2.24, 2.45) is 0 Å². The quantitative estimate of drug-likeness (QED) is 0.408. The first-order chi connectivity index (χ1) is 15.7. The van der Waals surface area contributed by atoms with E-state index in [1.807, 2.05) is 0 Å². The topological polar surface area (TPSA) is 77.8 Å². The van der Waals surface area contributed by atoms with Crippen LogP contribution in [0.1, 0.15) is 29.6 Å². The summed E-state index contributed by atoms with van der Waals surface area (Å²) >= 11 is 0. The lowest BCUT2D eigenvalue weighted by Crippen LogP contribution is -2.14. The fourth-order valence-corrected chi connectivity index (χ4v) is 3.60. The van der Waals surface area contributed by atoms with Crippen LogP contribution in [-0.4, -0.2) is 31.6 Å². The molecule has 3 aromatic heterocycles. The summed E-state index contributed by atoms with van der Waals surface area (Å²) in [6.07, 6.45) is -3.25. The van der Waals surface area contributed by atoms with Crippen molar-refractivity contribution >= 4 is 16.7 Å². The Morgan fingerprint density at radius 2 is 1.91 bits per heavy atom. The largest absolute Gasteiger partial charge is 0.494 e. The predicted molar refractivity (Wildman–Crippen MR) is 114 cm³/mol. The molecule has 0 aliphatic heterocycles. The molecule has 1 N–H and O–H groups in total. The number of rotatable bonds is 6. The lowest BCUT2D eigenvalue weighted by atomic mass is 10.2. The van der Waals surface area contributed by atoms with Crippen molar-refractivity contribution in [3.8, 4) is 11.4 Å². The van der Waals surface area contributed by atoms with Gasteiger partial charge in [0.2, 0.25) is 0 Å². The van der Waals surface area contributed by atoms with E-state index in [2.05, 4.69) is 25.6 Å². The number of hydrogen-bond donors (Lipinski definition) is 1. The van der Waals surface area contributed by atoms with E-state index in [-0.39, 0.29) is 23.7 Å². The van der Waals surface area contributed by atoms with Gasteiger partial charge in [-0.2, -0.15) is 23.4 Å². The third-order valence-electron chi connectivity index (χ3n) is 5.08. The summed E-state index contributed by atoms with van der Waals surface area (Å²) in [4.78, 5) is 3.85. The second kappa shape index (κ2) is 8.64. The summed E-state index contributed by atoms with van der Waals surface area (Å²) in [5.41, 5.74) is 0.692. The molecule has 0 bridgehead atoms. The Kier molecular flexibility index (Phi) is 5.88. The van der Waals surface area contributed by atoms with Gasteiger partial charge in [0.15, 0.2) is 11.6 Å². The molecule has 0 radical (unpaired) electrons. The second-order valence-corrected chi connectivity index (χ2v) is 7.25. The van der Waals surface area contributed by atoms with Gasteiger partial charge in [-0.25, -0.2) is 9.07 Å². The molecular weight excluding hydrogens is 440 g/mol. The molecule has 0 spiro atoms. The molecular formula is C22H20F4N6O. The third-order valence-corrected chi connectivity index (χ3v) is 5.08. The number of fused-ring (bicyclic) bond motifs is 1. The fraction of sp³-hybridized carbons (Fsp3) is 0.273. The molecule has 0 saturated carbocycles. The number of aryl methyl sites for hydroxylation is 2. The van der Waals surface area contributed by atoms with Crippen LogP contribution < -0.4 is 10.1 Å². The lowest BCUT2D eigenvalue weighted by Gasteiger charge is -2.12. The van der Waals surface area contributed by atoms with Crippen LogP contribution in [-0.2, 0) is 12.7 Å². The van der Waals surface area contributed by atoms with Gasteiger partial charge in [-0.1, -0.05) is 0 Å². The summed E-state index contributed by atoms with van der Waals surface area (Å²) in [7, 11) is 0. The van der Waals surface area contributed by atoms with E-state index >= 15 is 0 Å². The van der Waals surface area contributed by atoms with Crippen molar-refractivity contribution in [2.45, 2.75) is 33.5 Å². The van der Waals surface area contributed by atoms with Crippen molar-refractivity contribution in [3.63, 3.8) is 0 Å². The molecule has 0 amide bonds. The summed E-state index contributed by atoms with van der Waals surface area (Å²) < 4.78 is 61.4. The van der Waals surface area contributed by atoms with E-state index in [4.69, 9.17) is 4.74 Å². The monoisotopic (exact) mass is 460 g/mol. The number of nitrogens with zero attached hydrogens (tertiary/aromatic N) is 5. The minimum absolute atomic E-state index is 0.169. The summed E-state index contributed by atoms with van der Waals surface area (Å²) in [6.45, 7) is 5.45. The van der Waals surface area contributed by atoms with Gasteiger partial charge in [-0.15, -0.1) is 5.10 Å². The second-order valence-electron chi connectivity index (χ2n) is 7.25. The predicted octanol–water partition coefficient (Wildman–Crippen LogP) is 5.00. The fourth-order valence-electron chi connectivity index (χ4n) is 3.60. The molecule has 4 rings (SSSR count). The molecule has 11 heteroatoms. The van der Waals surface area contributed by atoms with Gasteiger partial charge >= 0.3 is 6.18 Å². The number of ether oxygens (including phenoxy) is 1. The molecule has 0 aliphatic rings. The van der Waals surface area contributed by atoms with E-state index in [0.717, 1.165) is 6.07 Å². The molecule has 0 aliphatic carbocycles. The minimum Gasteiger partial charge on any atom is -0.494 e. The van der Waals surface area contributed by atoms with Crippen molar-refractivity contribution in [1.29, 1.82) is 0 Å². The first-order valence-electron chi connectivity index (χ1n) is 10.1. The van der Waals surface area contributed by atoms with Crippen LogP contribution in [0, 0.1) is 19.7 Å². The molecule has 3 heterocycles. The SMILES string of the molecule is CCOc1ccc(-n2nc3c(NCc4ncccc4C(F)(F)F)nnc(C)c3c2C)c(F)c1. The maximum Gasteiger partial charge on any atom is 0.418 e. The Morgan fingerprint density at radius 1 is 1.12 bits per heavy atom. The highest BCUT2D eigenvalue weighted by atomic mass is 19.4. The highest BCUT2D eigenvalue weighted by Gasteiger charge is 2.33. The van der Waals surface area contributed by atoms with Crippen LogP contribution in [0.5, 0.6) is 5.75 Å². The van der Waals surface area contributed by atoms with E-state index in [1.165, 1.54) is 23.0 Å². The number of aromatic nitrogens is 5. The maximum absolute atomic E-state index is 14.8. The average Bonchev–Trinajstić information content (AvgIpc) is 3.11. The molecule has 1 aromatic carbocycles. The Balaban J connectivity index is 1.74. The number of alkyl halides is 3. The van der Waals surface area contributed by atoms with Crippen molar-refractivity contribution in [1.82, 2.24) is 25.0 Å². The zero-order valence-corrected chi connectivity index (χ0v) is 18.0. The molecule has 172 valence electrons.